The highest BCUT2D eigenvalue weighted by Crippen LogP contribution is 2.34. The second-order valence-electron chi connectivity index (χ2n) is 6.87. The quantitative estimate of drug-likeness (QED) is 0.822. The van der Waals surface area contributed by atoms with Gasteiger partial charge >= 0.3 is 0 Å². The fourth-order valence-corrected chi connectivity index (χ4v) is 4.60. The summed E-state index contributed by atoms with van der Waals surface area (Å²) in [5, 5.41) is 9.74. The van der Waals surface area contributed by atoms with Gasteiger partial charge in [-0.3, -0.25) is 9.36 Å². The van der Waals surface area contributed by atoms with E-state index in [1.54, 1.807) is 11.8 Å². The van der Waals surface area contributed by atoms with Crippen LogP contribution in [0.5, 0.6) is 0 Å². The molecule has 2 aromatic rings. The van der Waals surface area contributed by atoms with E-state index in [1.165, 1.54) is 5.56 Å². The average Bonchev–Trinajstić information content (AvgIpc) is 3.09. The molecule has 1 aromatic carbocycles. The van der Waals surface area contributed by atoms with Gasteiger partial charge in [-0.1, -0.05) is 35.9 Å². The number of aromatic nitrogens is 3. The van der Waals surface area contributed by atoms with Crippen LogP contribution in [0, 0.1) is 6.92 Å². The van der Waals surface area contributed by atoms with Crippen LogP contribution in [0.4, 0.5) is 5.95 Å². The minimum atomic E-state index is -0.00492. The largest absolute Gasteiger partial charge is 0.378 e. The van der Waals surface area contributed by atoms with Gasteiger partial charge in [0.25, 0.3) is 0 Å². The first-order chi connectivity index (χ1) is 12.7. The zero-order valence-corrected chi connectivity index (χ0v) is 15.9. The molecule has 138 valence electrons. The van der Waals surface area contributed by atoms with Crippen LogP contribution in [0.2, 0.25) is 0 Å². The van der Waals surface area contributed by atoms with Crippen LogP contribution in [0.3, 0.4) is 0 Å². The maximum absolute atomic E-state index is 12.3. The highest BCUT2D eigenvalue weighted by atomic mass is 32.2. The van der Waals surface area contributed by atoms with E-state index in [-0.39, 0.29) is 5.25 Å². The summed E-state index contributed by atoms with van der Waals surface area (Å²) in [7, 11) is 0. The molecule has 0 radical (unpaired) electrons. The number of ketones is 1. The van der Waals surface area contributed by atoms with Crippen LogP contribution in [0.1, 0.15) is 31.2 Å². The van der Waals surface area contributed by atoms with E-state index in [1.807, 2.05) is 0 Å². The fourth-order valence-electron chi connectivity index (χ4n) is 3.43. The molecule has 0 spiro atoms. The zero-order valence-electron chi connectivity index (χ0n) is 15.1. The monoisotopic (exact) mass is 372 g/mol. The van der Waals surface area contributed by atoms with Gasteiger partial charge in [-0.15, -0.1) is 10.2 Å². The summed E-state index contributed by atoms with van der Waals surface area (Å²) in [6, 6.07) is 8.38. The molecule has 2 fully saturated rings. The Morgan fingerprint density at radius 3 is 2.62 bits per heavy atom. The van der Waals surface area contributed by atoms with Crippen molar-refractivity contribution in [3.63, 3.8) is 0 Å². The van der Waals surface area contributed by atoms with E-state index >= 15 is 0 Å². The number of aryl methyl sites for hydroxylation is 1. The van der Waals surface area contributed by atoms with Gasteiger partial charge in [0.05, 0.1) is 24.2 Å². The Hall–Kier alpha value is -1.86. The molecule has 7 heteroatoms. The predicted octanol–water partition coefficient (Wildman–Crippen LogP) is 3.02. The lowest BCUT2D eigenvalue weighted by molar-refractivity contribution is -0.119. The van der Waals surface area contributed by atoms with Crippen molar-refractivity contribution in [2.24, 2.45) is 0 Å². The van der Waals surface area contributed by atoms with Crippen molar-refractivity contribution in [3.05, 3.63) is 29.8 Å². The van der Waals surface area contributed by atoms with Gasteiger partial charge in [0.15, 0.2) is 5.16 Å². The van der Waals surface area contributed by atoms with Crippen molar-refractivity contribution in [2.75, 3.05) is 31.2 Å². The van der Waals surface area contributed by atoms with E-state index < -0.39 is 0 Å². The summed E-state index contributed by atoms with van der Waals surface area (Å²) in [6.45, 7) is 5.08. The summed E-state index contributed by atoms with van der Waals surface area (Å²) in [5.74, 6) is 1.18. The lowest BCUT2D eigenvalue weighted by Gasteiger charge is -2.28. The van der Waals surface area contributed by atoms with Crippen LogP contribution in [0.15, 0.2) is 29.4 Å². The summed E-state index contributed by atoms with van der Waals surface area (Å²) in [6.07, 6.45) is 3.74. The maximum Gasteiger partial charge on any atom is 0.232 e. The molecule has 0 unspecified atom stereocenters. The van der Waals surface area contributed by atoms with Gasteiger partial charge in [0, 0.05) is 19.5 Å². The maximum atomic E-state index is 12.3. The van der Waals surface area contributed by atoms with Gasteiger partial charge in [-0.2, -0.15) is 0 Å². The molecule has 26 heavy (non-hydrogen) atoms. The van der Waals surface area contributed by atoms with Crippen LogP contribution >= 0.6 is 11.8 Å². The van der Waals surface area contributed by atoms with Crippen molar-refractivity contribution in [1.82, 2.24) is 14.8 Å². The minimum absolute atomic E-state index is 0.00492. The Morgan fingerprint density at radius 1 is 1.12 bits per heavy atom. The van der Waals surface area contributed by atoms with Crippen molar-refractivity contribution < 1.29 is 9.53 Å². The highest BCUT2D eigenvalue weighted by Gasteiger charge is 2.28. The number of hydrogen-bond donors (Lipinski definition) is 0. The Kier molecular flexibility index (Phi) is 5.26. The molecule has 1 aliphatic heterocycles. The molecule has 1 aromatic heterocycles. The summed E-state index contributed by atoms with van der Waals surface area (Å²) < 4.78 is 7.57. The molecule has 4 rings (SSSR count). The number of hydrogen-bond acceptors (Lipinski definition) is 6. The Bertz CT molecular complexity index is 768. The van der Waals surface area contributed by atoms with Gasteiger partial charge in [-0.05, 0) is 31.9 Å². The van der Waals surface area contributed by atoms with Crippen molar-refractivity contribution in [3.8, 4) is 5.69 Å². The molecule has 1 atom stereocenters. The van der Waals surface area contributed by atoms with Crippen molar-refractivity contribution >= 4 is 23.5 Å². The molecular formula is C19H24N4O2S. The summed E-state index contributed by atoms with van der Waals surface area (Å²) in [5.41, 5.74) is 2.25. The van der Waals surface area contributed by atoms with Crippen LogP contribution < -0.4 is 4.90 Å². The predicted molar refractivity (Wildman–Crippen MR) is 102 cm³/mol. The zero-order chi connectivity index (χ0) is 17.9. The highest BCUT2D eigenvalue weighted by molar-refractivity contribution is 8.00. The Morgan fingerprint density at radius 2 is 1.88 bits per heavy atom. The topological polar surface area (TPSA) is 60.2 Å². The standard InChI is InChI=1S/C19H24N4O2S/c1-14-6-8-15(9-7-14)23-18(22-10-12-25-13-11-22)20-21-19(23)26-17-5-3-2-4-16(17)24/h6-9,17H,2-5,10-13H2,1H3/t17-/m0/s1. The molecule has 0 N–H and O–H groups in total. The molecule has 2 aliphatic rings. The second kappa shape index (κ2) is 7.80. The van der Waals surface area contributed by atoms with E-state index in [9.17, 15) is 4.79 Å². The Balaban J connectivity index is 1.69. The van der Waals surface area contributed by atoms with E-state index in [0.29, 0.717) is 25.4 Å². The number of ether oxygens (including phenoxy) is 1. The lowest BCUT2D eigenvalue weighted by atomic mass is 9.99. The molecule has 1 saturated carbocycles. The van der Waals surface area contributed by atoms with E-state index in [2.05, 4.69) is 50.9 Å². The Labute approximate surface area is 157 Å². The number of carbonyl (C=O) groups excluding carboxylic acids is 1. The fraction of sp³-hybridized carbons (Fsp3) is 0.526. The normalized spacial score (nSPS) is 21.2. The summed E-state index contributed by atoms with van der Waals surface area (Å²) in [4.78, 5) is 14.5. The third-order valence-electron chi connectivity index (χ3n) is 4.95. The first-order valence-electron chi connectivity index (χ1n) is 9.27. The number of morpholine rings is 1. The molecule has 0 bridgehead atoms. The second-order valence-corrected chi connectivity index (χ2v) is 8.04. The number of thioether (sulfide) groups is 1. The number of anilines is 1. The molecule has 0 amide bonds. The van der Waals surface area contributed by atoms with Gasteiger partial charge in [-0.25, -0.2) is 0 Å². The molecule has 1 aliphatic carbocycles. The van der Waals surface area contributed by atoms with Crippen LogP contribution in [-0.4, -0.2) is 52.1 Å². The number of carbonyl (C=O) groups is 1. The SMILES string of the molecule is Cc1ccc(-n2c(S[C@H]3CCCCC3=O)nnc2N2CCOCC2)cc1. The number of rotatable bonds is 4. The molecule has 1 saturated heterocycles. The van der Waals surface area contributed by atoms with E-state index in [4.69, 9.17) is 4.74 Å². The van der Waals surface area contributed by atoms with Crippen molar-refractivity contribution in [1.29, 1.82) is 0 Å². The van der Waals surface area contributed by atoms with E-state index in [0.717, 1.165) is 49.1 Å². The number of benzene rings is 1. The van der Waals surface area contributed by atoms with Crippen LogP contribution in [0.25, 0.3) is 5.69 Å². The average molecular weight is 372 g/mol. The molecule has 6 nitrogen and oxygen atoms in total. The molecular weight excluding hydrogens is 348 g/mol. The van der Waals surface area contributed by atoms with Gasteiger partial charge in [0.1, 0.15) is 5.78 Å². The van der Waals surface area contributed by atoms with Gasteiger partial charge < -0.3 is 9.64 Å². The minimum Gasteiger partial charge on any atom is -0.378 e. The van der Waals surface area contributed by atoms with Gasteiger partial charge in [0.2, 0.25) is 5.95 Å². The first-order valence-corrected chi connectivity index (χ1v) is 10.1. The number of Topliss-reactive ketones (excluding diaryl/α,β-unsaturated/α-hetero) is 1. The molecule has 2 heterocycles. The van der Waals surface area contributed by atoms with Crippen molar-refractivity contribution in [2.45, 2.75) is 43.0 Å². The third-order valence-corrected chi connectivity index (χ3v) is 6.21. The van der Waals surface area contributed by atoms with Crippen LogP contribution in [-0.2, 0) is 9.53 Å². The third kappa shape index (κ3) is 3.64. The number of nitrogens with zero attached hydrogens (tertiary/aromatic N) is 4. The lowest BCUT2D eigenvalue weighted by Crippen LogP contribution is -2.38. The summed E-state index contributed by atoms with van der Waals surface area (Å²) >= 11 is 1.57. The first kappa shape index (κ1) is 17.5. The smallest absolute Gasteiger partial charge is 0.232 e.